The number of carbonyl (C=O) groups is 4. The SMILES string of the molecule is CCC1C2CN(C(=O)C(C(C)(C)C)NC(=O)OC3(C)CCCC3CCCCCc3nc4ccc(OC)cc4nc3O2)C1C(=O)NC1(C(=O)NS(=O)(=O)C2CC2)CC1C(F)F. The van der Waals surface area contributed by atoms with E-state index in [0.717, 1.165) is 38.5 Å². The van der Waals surface area contributed by atoms with Crippen molar-refractivity contribution in [1.82, 2.24) is 30.2 Å². The summed E-state index contributed by atoms with van der Waals surface area (Å²) in [4.78, 5) is 68.3. The molecule has 4 amide bonds. The summed E-state index contributed by atoms with van der Waals surface area (Å²) in [6.07, 6.45) is 2.03. The van der Waals surface area contributed by atoms with E-state index in [1.807, 2.05) is 17.7 Å². The zero-order chi connectivity index (χ0) is 43.4. The minimum atomic E-state index is -4.15. The van der Waals surface area contributed by atoms with Crippen LogP contribution in [0, 0.1) is 23.2 Å². The Hall–Kier alpha value is -4.35. The molecule has 3 saturated carbocycles. The highest BCUT2D eigenvalue weighted by Crippen LogP contribution is 2.49. The number of aryl methyl sites for hydroxylation is 1. The van der Waals surface area contributed by atoms with Crippen LogP contribution < -0.4 is 24.8 Å². The maximum absolute atomic E-state index is 15.0. The fourth-order valence-corrected chi connectivity index (χ4v) is 10.9. The minimum absolute atomic E-state index is 0.112. The van der Waals surface area contributed by atoms with Crippen molar-refractivity contribution in [3.63, 3.8) is 0 Å². The minimum Gasteiger partial charge on any atom is -0.497 e. The molecule has 3 aliphatic carbocycles. The number of methoxy groups -OCH3 is 1. The topological polar surface area (TPSA) is 195 Å². The van der Waals surface area contributed by atoms with Gasteiger partial charge in [0.05, 0.1) is 35.9 Å². The summed E-state index contributed by atoms with van der Waals surface area (Å²) in [7, 11) is -2.61. The summed E-state index contributed by atoms with van der Waals surface area (Å²) < 4.78 is 74.6. The van der Waals surface area contributed by atoms with Crippen LogP contribution in [-0.2, 0) is 35.6 Å². The van der Waals surface area contributed by atoms with Crippen molar-refractivity contribution in [2.24, 2.45) is 23.2 Å². The lowest BCUT2D eigenvalue weighted by molar-refractivity contribution is -0.144. The number of hydrogen-bond acceptors (Lipinski definition) is 11. The predicted octanol–water partition coefficient (Wildman–Crippen LogP) is 5.19. The van der Waals surface area contributed by atoms with Gasteiger partial charge in [0.1, 0.15) is 40.8 Å². The molecule has 0 spiro atoms. The van der Waals surface area contributed by atoms with Gasteiger partial charge in [0, 0.05) is 12.0 Å². The third-order valence-corrected chi connectivity index (χ3v) is 15.1. The van der Waals surface area contributed by atoms with E-state index in [9.17, 15) is 31.6 Å². The van der Waals surface area contributed by atoms with Crippen molar-refractivity contribution in [3.8, 4) is 11.6 Å². The number of nitrogens with one attached hydrogen (secondary N) is 3. The largest absolute Gasteiger partial charge is 0.497 e. The van der Waals surface area contributed by atoms with Gasteiger partial charge in [0.25, 0.3) is 5.91 Å². The Balaban J connectivity index is 1.29. The lowest BCUT2D eigenvalue weighted by Gasteiger charge is -2.37. The molecule has 15 nitrogen and oxygen atoms in total. The number of ether oxygens (including phenoxy) is 3. The number of halogens is 2. The van der Waals surface area contributed by atoms with E-state index < -0.39 is 98.5 Å². The number of carbonyl (C=O) groups excluding carboxylic acids is 4. The molecule has 8 atom stereocenters. The van der Waals surface area contributed by atoms with Gasteiger partial charge in [-0.3, -0.25) is 19.1 Å². The average molecular weight is 861 g/mol. The van der Waals surface area contributed by atoms with Gasteiger partial charge in [-0.2, -0.15) is 0 Å². The maximum atomic E-state index is 15.0. The van der Waals surface area contributed by atoms with Gasteiger partial charge in [0.2, 0.25) is 34.1 Å². The number of hydrogen-bond donors (Lipinski definition) is 3. The molecular weight excluding hydrogens is 803 g/mol. The van der Waals surface area contributed by atoms with Gasteiger partial charge in [-0.15, -0.1) is 0 Å². The van der Waals surface area contributed by atoms with Gasteiger partial charge >= 0.3 is 6.09 Å². The molecule has 2 aliphatic heterocycles. The summed E-state index contributed by atoms with van der Waals surface area (Å²) in [5, 5.41) is 4.52. The van der Waals surface area contributed by atoms with Crippen molar-refractivity contribution in [3.05, 3.63) is 23.9 Å². The van der Waals surface area contributed by atoms with Crippen molar-refractivity contribution < 1.29 is 50.6 Å². The number of alkyl halides is 2. The molecule has 330 valence electrons. The molecule has 3 heterocycles. The van der Waals surface area contributed by atoms with E-state index in [1.165, 1.54) is 4.90 Å². The molecule has 4 fully saturated rings. The van der Waals surface area contributed by atoms with Crippen LogP contribution in [0.25, 0.3) is 11.0 Å². The van der Waals surface area contributed by atoms with E-state index in [1.54, 1.807) is 46.9 Å². The van der Waals surface area contributed by atoms with Gasteiger partial charge in [0.15, 0.2) is 0 Å². The van der Waals surface area contributed by atoms with Crippen LogP contribution >= 0.6 is 0 Å². The Morgan fingerprint density at radius 1 is 1.07 bits per heavy atom. The molecule has 1 saturated heterocycles. The zero-order valence-electron chi connectivity index (χ0n) is 35.2. The molecule has 0 radical (unpaired) electrons. The highest BCUT2D eigenvalue weighted by atomic mass is 32.2. The Labute approximate surface area is 349 Å². The molecule has 3 N–H and O–H groups in total. The molecule has 60 heavy (non-hydrogen) atoms. The number of benzene rings is 1. The van der Waals surface area contributed by atoms with E-state index in [0.29, 0.717) is 48.2 Å². The average Bonchev–Trinajstić information content (AvgIpc) is 4.10. The van der Waals surface area contributed by atoms with Crippen molar-refractivity contribution in [2.45, 2.75) is 153 Å². The summed E-state index contributed by atoms with van der Waals surface area (Å²) >= 11 is 0. The predicted molar refractivity (Wildman–Crippen MR) is 216 cm³/mol. The molecule has 5 aliphatic rings. The Morgan fingerprint density at radius 3 is 2.45 bits per heavy atom. The fourth-order valence-electron chi connectivity index (χ4n) is 9.49. The molecule has 7 rings (SSSR count). The van der Waals surface area contributed by atoms with E-state index in [2.05, 4.69) is 10.6 Å². The quantitative estimate of drug-likeness (QED) is 0.316. The Kier molecular flexibility index (Phi) is 12.0. The third-order valence-electron chi connectivity index (χ3n) is 13.3. The van der Waals surface area contributed by atoms with Crippen molar-refractivity contribution in [2.75, 3.05) is 13.7 Å². The molecular formula is C42H58F2N6O9S. The lowest BCUT2D eigenvalue weighted by atomic mass is 9.85. The summed E-state index contributed by atoms with van der Waals surface area (Å²) in [6, 6.07) is 2.72. The van der Waals surface area contributed by atoms with Crippen LogP contribution in [0.1, 0.15) is 111 Å². The first kappa shape index (κ1) is 43.7. The Morgan fingerprint density at radius 2 is 1.80 bits per heavy atom. The van der Waals surface area contributed by atoms with Crippen LogP contribution in [-0.4, -0.2) is 102 Å². The van der Waals surface area contributed by atoms with E-state index in [4.69, 9.17) is 24.2 Å². The zero-order valence-corrected chi connectivity index (χ0v) is 36.0. The molecule has 2 bridgehead atoms. The number of rotatable bonds is 8. The first-order valence-electron chi connectivity index (χ1n) is 21.3. The number of fused-ring (bicyclic) bond motifs is 5. The summed E-state index contributed by atoms with van der Waals surface area (Å²) in [6.45, 7) is 8.84. The second-order valence-corrected chi connectivity index (χ2v) is 20.6. The first-order chi connectivity index (χ1) is 28.3. The number of sulfonamides is 1. The van der Waals surface area contributed by atoms with Gasteiger partial charge in [-0.25, -0.2) is 32.0 Å². The van der Waals surface area contributed by atoms with Gasteiger partial charge in [-0.05, 0) is 94.6 Å². The Bertz CT molecular complexity index is 2120. The van der Waals surface area contributed by atoms with Crippen LogP contribution in [0.3, 0.4) is 0 Å². The van der Waals surface area contributed by atoms with Crippen LogP contribution in [0.15, 0.2) is 18.2 Å². The summed E-state index contributed by atoms with van der Waals surface area (Å²) in [5.41, 5.74) is -2.19. The number of nitrogens with zero attached hydrogens (tertiary/aromatic N) is 3. The van der Waals surface area contributed by atoms with Crippen molar-refractivity contribution in [1.29, 1.82) is 0 Å². The van der Waals surface area contributed by atoms with Crippen LogP contribution in [0.4, 0.5) is 13.6 Å². The molecule has 1 aromatic heterocycles. The van der Waals surface area contributed by atoms with Crippen LogP contribution in [0.5, 0.6) is 11.6 Å². The highest BCUT2D eigenvalue weighted by Gasteiger charge is 2.67. The normalized spacial score (nSPS) is 31.5. The van der Waals surface area contributed by atoms with E-state index >= 15 is 4.79 Å². The van der Waals surface area contributed by atoms with Crippen molar-refractivity contribution >= 4 is 44.9 Å². The maximum Gasteiger partial charge on any atom is 0.408 e. The fraction of sp³-hybridized carbons (Fsp3) is 0.714. The highest BCUT2D eigenvalue weighted by molar-refractivity contribution is 7.91. The lowest BCUT2D eigenvalue weighted by Crippen LogP contribution is -2.61. The molecule has 2 aromatic rings. The van der Waals surface area contributed by atoms with Crippen LogP contribution in [0.2, 0.25) is 0 Å². The third kappa shape index (κ3) is 8.71. The smallest absolute Gasteiger partial charge is 0.408 e. The standard InChI is InChI=1S/C42H58F2N6O9S/c1-7-26-31-22-50(32(26)35(51)48-42(21-27(42)34(43)44)38(53)49-60(55,56)25-16-17-25)37(52)33(40(2,3)4)47-39(54)59-41(5)19-11-13-23(41)12-9-8-10-14-29-36(58-31)46-30-20-24(57-6)15-18-28(30)45-29/h15,18,20,23,25-27,31-34H,7-14,16-17,19,21-22H2,1-6H3,(H,47,54)(H,48,51)(H,49,53). The summed E-state index contributed by atoms with van der Waals surface area (Å²) in [5.74, 6) is -4.39. The number of amides is 4. The number of aromatic nitrogens is 2. The monoisotopic (exact) mass is 860 g/mol. The first-order valence-corrected chi connectivity index (χ1v) is 22.8. The molecule has 8 unspecified atom stereocenters. The number of alkyl carbamates (subject to hydrolysis) is 1. The molecule has 18 heteroatoms. The van der Waals surface area contributed by atoms with E-state index in [-0.39, 0.29) is 24.8 Å². The van der Waals surface area contributed by atoms with Gasteiger partial charge < -0.3 is 29.7 Å². The van der Waals surface area contributed by atoms with Gasteiger partial charge in [-0.1, -0.05) is 40.5 Å². The molecule has 1 aromatic carbocycles. The second-order valence-electron chi connectivity index (χ2n) is 18.6. The second kappa shape index (κ2) is 16.5.